The molecule has 0 radical (unpaired) electrons. The molecule has 0 amide bonds. The van der Waals surface area contributed by atoms with E-state index in [0.29, 0.717) is 28.0 Å². The lowest BCUT2D eigenvalue weighted by atomic mass is 10.2. The summed E-state index contributed by atoms with van der Waals surface area (Å²) in [7, 11) is 1.55. The van der Waals surface area contributed by atoms with E-state index in [1.807, 2.05) is 0 Å². The van der Waals surface area contributed by atoms with Gasteiger partial charge in [-0.05, 0) is 42.5 Å². The van der Waals surface area contributed by atoms with Crippen molar-refractivity contribution < 1.29 is 9.53 Å². The SMILES string of the molecule is COc1ccc(C(=O)n2c(=O)[nH]c3cc(N)ccc32)cc1. The molecule has 0 atom stereocenters. The van der Waals surface area contributed by atoms with Crippen LogP contribution in [0.25, 0.3) is 11.0 Å². The van der Waals surface area contributed by atoms with Crippen molar-refractivity contribution >= 4 is 22.6 Å². The van der Waals surface area contributed by atoms with Gasteiger partial charge in [-0.2, -0.15) is 0 Å². The number of H-pyrrole nitrogens is 1. The molecular formula is C15H13N3O3. The number of hydrogen-bond acceptors (Lipinski definition) is 4. The number of imidazole rings is 1. The maximum Gasteiger partial charge on any atom is 0.333 e. The van der Waals surface area contributed by atoms with Crippen LogP contribution in [0.2, 0.25) is 0 Å². The number of nitrogens with one attached hydrogen (secondary N) is 1. The summed E-state index contributed by atoms with van der Waals surface area (Å²) in [6.45, 7) is 0. The van der Waals surface area contributed by atoms with Crippen molar-refractivity contribution in [2.75, 3.05) is 12.8 Å². The molecule has 1 heterocycles. The van der Waals surface area contributed by atoms with Gasteiger partial charge in [0, 0.05) is 11.3 Å². The zero-order valence-corrected chi connectivity index (χ0v) is 11.3. The number of carbonyl (C=O) groups is 1. The highest BCUT2D eigenvalue weighted by Gasteiger charge is 2.15. The molecule has 0 saturated carbocycles. The van der Waals surface area contributed by atoms with Crippen molar-refractivity contribution in [3.63, 3.8) is 0 Å². The summed E-state index contributed by atoms with van der Waals surface area (Å²) in [5.41, 5.74) is 7.13. The van der Waals surface area contributed by atoms with Gasteiger partial charge in [-0.1, -0.05) is 0 Å². The second-order valence-electron chi connectivity index (χ2n) is 4.58. The Labute approximate surface area is 119 Å². The Morgan fingerprint density at radius 2 is 1.90 bits per heavy atom. The van der Waals surface area contributed by atoms with Crippen LogP contribution in [0.5, 0.6) is 5.75 Å². The van der Waals surface area contributed by atoms with Gasteiger partial charge in [0.15, 0.2) is 0 Å². The van der Waals surface area contributed by atoms with E-state index in [1.54, 1.807) is 49.6 Å². The molecule has 3 rings (SSSR count). The predicted octanol–water partition coefficient (Wildman–Crippen LogP) is 1.61. The molecule has 6 nitrogen and oxygen atoms in total. The van der Waals surface area contributed by atoms with Crippen molar-refractivity contribution in [2.24, 2.45) is 0 Å². The van der Waals surface area contributed by atoms with E-state index in [0.717, 1.165) is 4.57 Å². The number of fused-ring (bicyclic) bond motifs is 1. The number of nitrogen functional groups attached to an aromatic ring is 1. The average Bonchev–Trinajstić information content (AvgIpc) is 2.81. The molecule has 0 aliphatic heterocycles. The van der Waals surface area contributed by atoms with Crippen LogP contribution in [0.15, 0.2) is 47.3 Å². The number of aromatic nitrogens is 2. The smallest absolute Gasteiger partial charge is 0.333 e. The van der Waals surface area contributed by atoms with Crippen LogP contribution >= 0.6 is 0 Å². The number of ether oxygens (including phenoxy) is 1. The summed E-state index contributed by atoms with van der Waals surface area (Å²) < 4.78 is 6.14. The highest BCUT2D eigenvalue weighted by atomic mass is 16.5. The summed E-state index contributed by atoms with van der Waals surface area (Å²) in [5, 5.41) is 0. The number of carbonyl (C=O) groups excluding carboxylic acids is 1. The Bertz CT molecular complexity index is 875. The lowest BCUT2D eigenvalue weighted by molar-refractivity contribution is 0.0961. The Hall–Kier alpha value is -3.02. The molecule has 0 fully saturated rings. The van der Waals surface area contributed by atoms with Gasteiger partial charge in [0.1, 0.15) is 5.75 Å². The van der Waals surface area contributed by atoms with Gasteiger partial charge in [0.05, 0.1) is 18.1 Å². The van der Waals surface area contributed by atoms with E-state index >= 15 is 0 Å². The topological polar surface area (TPSA) is 90.1 Å². The van der Waals surface area contributed by atoms with E-state index in [9.17, 15) is 9.59 Å². The molecule has 0 aliphatic carbocycles. The van der Waals surface area contributed by atoms with E-state index in [4.69, 9.17) is 10.5 Å². The molecule has 106 valence electrons. The molecule has 21 heavy (non-hydrogen) atoms. The molecule has 0 saturated heterocycles. The van der Waals surface area contributed by atoms with Crippen molar-refractivity contribution in [3.05, 3.63) is 58.5 Å². The zero-order chi connectivity index (χ0) is 15.0. The van der Waals surface area contributed by atoms with E-state index in [1.165, 1.54) is 0 Å². The standard InChI is InChI=1S/C15H13N3O3/c1-21-11-5-2-9(3-6-11)14(19)18-13-7-4-10(16)8-12(13)17-15(18)20/h2-8H,16H2,1H3,(H,17,20). The second-order valence-corrected chi connectivity index (χ2v) is 4.58. The number of methoxy groups -OCH3 is 1. The van der Waals surface area contributed by atoms with Crippen LogP contribution < -0.4 is 16.2 Å². The zero-order valence-electron chi connectivity index (χ0n) is 11.3. The number of benzene rings is 2. The molecule has 0 aliphatic rings. The fourth-order valence-electron chi connectivity index (χ4n) is 2.19. The Balaban J connectivity index is 2.12. The lowest BCUT2D eigenvalue weighted by Gasteiger charge is -2.04. The van der Waals surface area contributed by atoms with E-state index < -0.39 is 11.6 Å². The molecular weight excluding hydrogens is 270 g/mol. The van der Waals surface area contributed by atoms with Crippen LogP contribution in [0.1, 0.15) is 10.4 Å². The fraction of sp³-hybridized carbons (Fsp3) is 0.0667. The summed E-state index contributed by atoms with van der Waals surface area (Å²) in [5.74, 6) is 0.240. The molecule has 1 aromatic heterocycles. The van der Waals surface area contributed by atoms with Crippen LogP contribution in [-0.4, -0.2) is 22.6 Å². The predicted molar refractivity (Wildman–Crippen MR) is 79.7 cm³/mol. The van der Waals surface area contributed by atoms with Crippen LogP contribution in [0.4, 0.5) is 5.69 Å². The first-order valence-corrected chi connectivity index (χ1v) is 6.29. The first-order valence-electron chi connectivity index (χ1n) is 6.29. The molecule has 6 heteroatoms. The van der Waals surface area contributed by atoms with Gasteiger partial charge in [0.25, 0.3) is 5.91 Å². The third kappa shape index (κ3) is 2.16. The molecule has 0 unspecified atom stereocenters. The largest absolute Gasteiger partial charge is 0.497 e. The summed E-state index contributed by atoms with van der Waals surface area (Å²) in [4.78, 5) is 27.1. The second kappa shape index (κ2) is 4.82. The minimum absolute atomic E-state index is 0.399. The molecule has 3 aromatic rings. The third-order valence-corrected chi connectivity index (χ3v) is 3.25. The number of nitrogens with zero attached hydrogens (tertiary/aromatic N) is 1. The molecule has 3 N–H and O–H groups in total. The van der Waals surface area contributed by atoms with E-state index in [2.05, 4.69) is 4.98 Å². The van der Waals surface area contributed by atoms with Crippen LogP contribution in [0.3, 0.4) is 0 Å². The van der Waals surface area contributed by atoms with Crippen LogP contribution in [0, 0.1) is 0 Å². The highest BCUT2D eigenvalue weighted by molar-refractivity contribution is 6.01. The van der Waals surface area contributed by atoms with Gasteiger partial charge in [-0.25, -0.2) is 9.36 Å². The number of hydrogen-bond donors (Lipinski definition) is 2. The van der Waals surface area contributed by atoms with Crippen molar-refractivity contribution in [3.8, 4) is 5.75 Å². The monoisotopic (exact) mass is 283 g/mol. The van der Waals surface area contributed by atoms with Gasteiger partial charge in [-0.3, -0.25) is 4.79 Å². The molecule has 0 bridgehead atoms. The van der Waals surface area contributed by atoms with Gasteiger partial charge < -0.3 is 15.5 Å². The number of anilines is 1. The van der Waals surface area contributed by atoms with Crippen molar-refractivity contribution in [1.82, 2.24) is 9.55 Å². The van der Waals surface area contributed by atoms with Gasteiger partial charge in [-0.15, -0.1) is 0 Å². The number of rotatable bonds is 2. The quantitative estimate of drug-likeness (QED) is 0.699. The summed E-state index contributed by atoms with van der Waals surface area (Å²) in [6, 6.07) is 11.5. The Morgan fingerprint density at radius 3 is 2.57 bits per heavy atom. The Kier molecular flexibility index (Phi) is 2.98. The van der Waals surface area contributed by atoms with Crippen molar-refractivity contribution in [2.45, 2.75) is 0 Å². The fourth-order valence-corrected chi connectivity index (χ4v) is 2.19. The Morgan fingerprint density at radius 1 is 1.19 bits per heavy atom. The molecule has 2 aromatic carbocycles. The van der Waals surface area contributed by atoms with Crippen molar-refractivity contribution in [1.29, 1.82) is 0 Å². The summed E-state index contributed by atoms with van der Waals surface area (Å²) in [6.07, 6.45) is 0. The average molecular weight is 283 g/mol. The molecule has 0 spiro atoms. The minimum atomic E-state index is -0.489. The minimum Gasteiger partial charge on any atom is -0.497 e. The highest BCUT2D eigenvalue weighted by Crippen LogP contribution is 2.17. The van der Waals surface area contributed by atoms with Crippen LogP contribution in [-0.2, 0) is 0 Å². The number of aromatic amines is 1. The van der Waals surface area contributed by atoms with Gasteiger partial charge >= 0.3 is 5.69 Å². The first kappa shape index (κ1) is 13.0. The lowest BCUT2D eigenvalue weighted by Crippen LogP contribution is -2.24. The number of nitrogens with two attached hydrogens (primary N) is 1. The maximum atomic E-state index is 12.5. The third-order valence-electron chi connectivity index (χ3n) is 3.25. The summed E-state index contributed by atoms with van der Waals surface area (Å²) >= 11 is 0. The van der Waals surface area contributed by atoms with Gasteiger partial charge in [0.2, 0.25) is 0 Å². The van der Waals surface area contributed by atoms with E-state index in [-0.39, 0.29) is 0 Å². The maximum absolute atomic E-state index is 12.5. The normalized spacial score (nSPS) is 10.7. The first-order chi connectivity index (χ1) is 10.1.